The number of benzene rings is 2. The van der Waals surface area contributed by atoms with Crippen LogP contribution in [0.25, 0.3) is 10.9 Å². The first-order valence-electron chi connectivity index (χ1n) is 12.7. The van der Waals surface area contributed by atoms with Gasteiger partial charge in [-0.25, -0.2) is 9.97 Å². The second-order valence-electron chi connectivity index (χ2n) is 9.49. The highest BCUT2D eigenvalue weighted by Crippen LogP contribution is 2.37. The zero-order valence-corrected chi connectivity index (χ0v) is 22.2. The minimum atomic E-state index is -0.117. The van der Waals surface area contributed by atoms with E-state index >= 15 is 0 Å². The summed E-state index contributed by atoms with van der Waals surface area (Å²) in [5, 5.41) is 4.30. The molecule has 3 aromatic rings. The van der Waals surface area contributed by atoms with E-state index in [2.05, 4.69) is 22.4 Å². The van der Waals surface area contributed by atoms with E-state index in [-0.39, 0.29) is 11.3 Å². The number of hydrogen-bond donors (Lipinski definition) is 2. The molecule has 0 bridgehead atoms. The van der Waals surface area contributed by atoms with Crippen LogP contribution in [-0.4, -0.2) is 61.7 Å². The SMILES string of the molecule is CCCC(=O)N1CCC(CNCc2nc(N)c3cc(OC)c(OC)cc3n2)(c2ccc(OC)cc2)CC1. The highest BCUT2D eigenvalue weighted by atomic mass is 16.5. The van der Waals surface area contributed by atoms with Gasteiger partial charge in [0.1, 0.15) is 17.4 Å². The van der Waals surface area contributed by atoms with Crippen LogP contribution in [0.3, 0.4) is 0 Å². The van der Waals surface area contributed by atoms with Crippen LogP contribution < -0.4 is 25.3 Å². The van der Waals surface area contributed by atoms with Gasteiger partial charge in [0.05, 0.1) is 33.4 Å². The molecule has 198 valence electrons. The standard InChI is InChI=1S/C28H37N5O4/c1-5-6-26(34)33-13-11-28(12-14-33,19-7-9-20(35-2)10-8-19)18-30-17-25-31-22-16-24(37-4)23(36-3)15-21(22)27(29)32-25/h7-10,15-16,30H,5-6,11-14,17-18H2,1-4H3,(H2,29,31,32). The molecule has 0 radical (unpaired) electrons. The zero-order chi connectivity index (χ0) is 26.4. The van der Waals surface area contributed by atoms with Crippen molar-refractivity contribution in [3.05, 3.63) is 47.8 Å². The Labute approximate surface area is 218 Å². The van der Waals surface area contributed by atoms with Crippen LogP contribution in [0.2, 0.25) is 0 Å². The second kappa shape index (κ2) is 11.6. The molecule has 37 heavy (non-hydrogen) atoms. The van der Waals surface area contributed by atoms with Crippen molar-refractivity contribution in [3.8, 4) is 17.2 Å². The van der Waals surface area contributed by atoms with E-state index in [4.69, 9.17) is 24.9 Å². The van der Waals surface area contributed by atoms with Crippen LogP contribution in [0, 0.1) is 0 Å². The summed E-state index contributed by atoms with van der Waals surface area (Å²) < 4.78 is 16.2. The molecule has 1 amide bonds. The first-order chi connectivity index (χ1) is 17.9. The third kappa shape index (κ3) is 5.72. The Morgan fingerprint density at radius 1 is 1.03 bits per heavy atom. The number of nitrogens with one attached hydrogen (secondary N) is 1. The molecule has 1 fully saturated rings. The molecule has 0 unspecified atom stereocenters. The molecule has 2 aromatic carbocycles. The predicted molar refractivity (Wildman–Crippen MR) is 144 cm³/mol. The number of nitrogens with zero attached hydrogens (tertiary/aromatic N) is 3. The van der Waals surface area contributed by atoms with Gasteiger partial charge in [-0.1, -0.05) is 19.1 Å². The third-order valence-electron chi connectivity index (χ3n) is 7.26. The molecule has 4 rings (SSSR count). The zero-order valence-electron chi connectivity index (χ0n) is 22.2. The van der Waals surface area contributed by atoms with E-state index in [1.165, 1.54) is 5.56 Å². The van der Waals surface area contributed by atoms with E-state index in [0.717, 1.165) is 50.0 Å². The summed E-state index contributed by atoms with van der Waals surface area (Å²) in [6, 6.07) is 11.9. The van der Waals surface area contributed by atoms with Crippen LogP contribution >= 0.6 is 0 Å². The summed E-state index contributed by atoms with van der Waals surface area (Å²) >= 11 is 0. The second-order valence-corrected chi connectivity index (χ2v) is 9.49. The minimum absolute atomic E-state index is 0.117. The van der Waals surface area contributed by atoms with Crippen molar-refractivity contribution in [1.82, 2.24) is 20.2 Å². The Morgan fingerprint density at radius 2 is 1.70 bits per heavy atom. The van der Waals surface area contributed by atoms with E-state index < -0.39 is 0 Å². The third-order valence-corrected chi connectivity index (χ3v) is 7.26. The van der Waals surface area contributed by atoms with Crippen molar-refractivity contribution < 1.29 is 19.0 Å². The van der Waals surface area contributed by atoms with E-state index in [1.54, 1.807) is 27.4 Å². The van der Waals surface area contributed by atoms with Gasteiger partial charge in [0.2, 0.25) is 5.91 Å². The molecule has 1 aliphatic rings. The van der Waals surface area contributed by atoms with Gasteiger partial charge in [-0.05, 0) is 43.0 Å². The van der Waals surface area contributed by atoms with E-state index in [9.17, 15) is 4.79 Å². The lowest BCUT2D eigenvalue weighted by Gasteiger charge is -2.42. The fourth-order valence-corrected chi connectivity index (χ4v) is 5.09. The van der Waals surface area contributed by atoms with E-state index in [1.807, 2.05) is 30.0 Å². The summed E-state index contributed by atoms with van der Waals surface area (Å²) in [5.74, 6) is 3.25. The monoisotopic (exact) mass is 507 g/mol. The quantitative estimate of drug-likeness (QED) is 0.427. The van der Waals surface area contributed by atoms with Crippen LogP contribution in [0.4, 0.5) is 5.82 Å². The number of rotatable bonds is 10. The number of piperidine rings is 1. The fraction of sp³-hybridized carbons (Fsp3) is 0.464. The molecular formula is C28H37N5O4. The summed E-state index contributed by atoms with van der Waals surface area (Å²) in [7, 11) is 4.85. The molecule has 2 heterocycles. The van der Waals surface area contributed by atoms with Crippen molar-refractivity contribution in [2.45, 2.75) is 44.6 Å². The van der Waals surface area contributed by atoms with Crippen LogP contribution in [0.1, 0.15) is 44.0 Å². The van der Waals surface area contributed by atoms with Gasteiger partial charge in [0, 0.05) is 42.9 Å². The van der Waals surface area contributed by atoms with Crippen molar-refractivity contribution in [2.24, 2.45) is 0 Å². The summed E-state index contributed by atoms with van der Waals surface area (Å²) in [6.45, 7) is 4.72. The number of aromatic nitrogens is 2. The number of ether oxygens (including phenoxy) is 3. The molecule has 9 heteroatoms. The number of methoxy groups -OCH3 is 3. The van der Waals surface area contributed by atoms with Crippen molar-refractivity contribution >= 4 is 22.6 Å². The van der Waals surface area contributed by atoms with Crippen LogP contribution in [0.15, 0.2) is 36.4 Å². The number of fused-ring (bicyclic) bond motifs is 1. The number of amides is 1. The summed E-state index contributed by atoms with van der Waals surface area (Å²) in [4.78, 5) is 23.7. The molecule has 0 atom stereocenters. The average molecular weight is 508 g/mol. The number of carbonyl (C=O) groups is 1. The highest BCUT2D eigenvalue weighted by Gasteiger charge is 2.37. The maximum atomic E-state index is 12.5. The Balaban J connectivity index is 1.53. The normalized spacial score (nSPS) is 15.0. The number of likely N-dealkylation sites (tertiary alicyclic amines) is 1. The maximum Gasteiger partial charge on any atom is 0.222 e. The average Bonchev–Trinajstić information content (AvgIpc) is 2.93. The predicted octanol–water partition coefficient (Wildman–Crippen LogP) is 3.69. The largest absolute Gasteiger partial charge is 0.497 e. The maximum absolute atomic E-state index is 12.5. The number of nitrogens with two attached hydrogens (primary N) is 1. The summed E-state index contributed by atoms with van der Waals surface area (Å²) in [5.41, 5.74) is 8.10. The van der Waals surface area contributed by atoms with Gasteiger partial charge in [-0.3, -0.25) is 4.79 Å². The number of carbonyl (C=O) groups excluding carboxylic acids is 1. The van der Waals surface area contributed by atoms with Gasteiger partial charge in [-0.2, -0.15) is 0 Å². The topological polar surface area (TPSA) is 112 Å². The Morgan fingerprint density at radius 3 is 2.32 bits per heavy atom. The Hall–Kier alpha value is -3.59. The summed E-state index contributed by atoms with van der Waals surface area (Å²) in [6.07, 6.45) is 3.22. The number of nitrogen functional groups attached to an aromatic ring is 1. The molecular weight excluding hydrogens is 470 g/mol. The lowest BCUT2D eigenvalue weighted by atomic mass is 9.72. The minimum Gasteiger partial charge on any atom is -0.497 e. The molecule has 9 nitrogen and oxygen atoms in total. The highest BCUT2D eigenvalue weighted by molar-refractivity contribution is 5.90. The molecule has 3 N–H and O–H groups in total. The number of anilines is 1. The van der Waals surface area contributed by atoms with Crippen LogP contribution in [0.5, 0.6) is 17.2 Å². The van der Waals surface area contributed by atoms with Crippen LogP contribution in [-0.2, 0) is 16.8 Å². The Bertz CT molecular complexity index is 1220. The van der Waals surface area contributed by atoms with Gasteiger partial charge in [0.25, 0.3) is 0 Å². The molecule has 0 aliphatic carbocycles. The van der Waals surface area contributed by atoms with Gasteiger partial charge < -0.3 is 30.2 Å². The number of hydrogen-bond acceptors (Lipinski definition) is 8. The van der Waals surface area contributed by atoms with Crippen molar-refractivity contribution in [3.63, 3.8) is 0 Å². The fourth-order valence-electron chi connectivity index (χ4n) is 5.09. The first kappa shape index (κ1) is 26.5. The lowest BCUT2D eigenvalue weighted by molar-refractivity contribution is -0.132. The van der Waals surface area contributed by atoms with Gasteiger partial charge >= 0.3 is 0 Å². The van der Waals surface area contributed by atoms with Gasteiger partial charge in [-0.15, -0.1) is 0 Å². The molecule has 0 saturated carbocycles. The van der Waals surface area contributed by atoms with Gasteiger partial charge in [0.15, 0.2) is 11.5 Å². The smallest absolute Gasteiger partial charge is 0.222 e. The molecule has 0 spiro atoms. The first-order valence-corrected chi connectivity index (χ1v) is 12.7. The molecule has 1 aromatic heterocycles. The lowest BCUT2D eigenvalue weighted by Crippen LogP contribution is -2.49. The Kier molecular flexibility index (Phi) is 8.33. The molecule has 1 aliphatic heterocycles. The van der Waals surface area contributed by atoms with Crippen molar-refractivity contribution in [2.75, 3.05) is 46.7 Å². The van der Waals surface area contributed by atoms with E-state index in [0.29, 0.717) is 41.6 Å². The molecule has 1 saturated heterocycles. The van der Waals surface area contributed by atoms with Crippen molar-refractivity contribution in [1.29, 1.82) is 0 Å².